The lowest BCUT2D eigenvalue weighted by atomic mass is 9.83. The summed E-state index contributed by atoms with van der Waals surface area (Å²) in [5, 5.41) is 3.46. The van der Waals surface area contributed by atoms with Gasteiger partial charge in [-0.15, -0.1) is 0 Å². The van der Waals surface area contributed by atoms with Crippen molar-refractivity contribution in [3.8, 4) is 0 Å². The van der Waals surface area contributed by atoms with Gasteiger partial charge in [-0.25, -0.2) is 0 Å². The molecule has 0 aliphatic carbocycles. The maximum Gasteiger partial charge on any atom is 0.000495 e. The minimum atomic E-state index is 0.520. The van der Waals surface area contributed by atoms with E-state index in [9.17, 15) is 0 Å². The highest BCUT2D eigenvalue weighted by atomic mass is 32.2. The van der Waals surface area contributed by atoms with E-state index >= 15 is 0 Å². The van der Waals surface area contributed by atoms with E-state index in [1.54, 1.807) is 0 Å². The van der Waals surface area contributed by atoms with Crippen LogP contribution in [0.25, 0.3) is 0 Å². The molecule has 0 rings (SSSR count). The van der Waals surface area contributed by atoms with Crippen LogP contribution in [-0.4, -0.2) is 25.1 Å². The van der Waals surface area contributed by atoms with Crippen LogP contribution in [0.4, 0.5) is 0 Å². The van der Waals surface area contributed by atoms with Gasteiger partial charge in [0.1, 0.15) is 0 Å². The van der Waals surface area contributed by atoms with Crippen LogP contribution >= 0.6 is 11.8 Å². The number of thioether (sulfide) groups is 1. The Hall–Kier alpha value is 0.310. The Bertz CT molecular complexity index is 117. The highest BCUT2D eigenvalue weighted by molar-refractivity contribution is 7.98. The van der Waals surface area contributed by atoms with Crippen molar-refractivity contribution >= 4 is 11.8 Å². The van der Waals surface area contributed by atoms with Crippen LogP contribution < -0.4 is 5.32 Å². The van der Waals surface area contributed by atoms with Crippen LogP contribution in [0.2, 0.25) is 0 Å². The molecule has 0 heterocycles. The summed E-state index contributed by atoms with van der Waals surface area (Å²) in [5.74, 6) is 1.31. The van der Waals surface area contributed by atoms with Crippen LogP contribution in [0.1, 0.15) is 40.0 Å². The lowest BCUT2D eigenvalue weighted by molar-refractivity contribution is 0.270. The van der Waals surface area contributed by atoms with Gasteiger partial charge in [0.15, 0.2) is 0 Å². The molecule has 0 aromatic heterocycles. The molecule has 0 aliphatic rings. The molecule has 80 valence electrons. The van der Waals surface area contributed by atoms with Gasteiger partial charge in [-0.3, -0.25) is 0 Å². The van der Waals surface area contributed by atoms with Crippen LogP contribution in [0.5, 0.6) is 0 Å². The second kappa shape index (κ2) is 7.69. The summed E-state index contributed by atoms with van der Waals surface area (Å²) in [6, 6.07) is 0. The van der Waals surface area contributed by atoms with Crippen LogP contribution in [0, 0.1) is 5.41 Å². The third kappa shape index (κ3) is 6.39. The van der Waals surface area contributed by atoms with Crippen LogP contribution in [-0.2, 0) is 0 Å². The van der Waals surface area contributed by atoms with Gasteiger partial charge < -0.3 is 5.32 Å². The minimum Gasteiger partial charge on any atom is -0.316 e. The Kier molecular flexibility index (Phi) is 7.87. The Morgan fingerprint density at radius 2 is 2.00 bits per heavy atom. The summed E-state index contributed by atoms with van der Waals surface area (Å²) < 4.78 is 0. The molecule has 0 saturated heterocycles. The summed E-state index contributed by atoms with van der Waals surface area (Å²) in [7, 11) is 0. The number of hydrogen-bond donors (Lipinski definition) is 1. The van der Waals surface area contributed by atoms with Gasteiger partial charge in [0.25, 0.3) is 0 Å². The zero-order valence-corrected chi connectivity index (χ0v) is 10.5. The summed E-state index contributed by atoms with van der Waals surface area (Å²) in [5.41, 5.74) is 0.520. The molecular weight excluding hydrogens is 178 g/mol. The average Bonchev–Trinajstić information content (AvgIpc) is 2.15. The molecule has 1 unspecified atom stereocenters. The average molecular weight is 203 g/mol. The predicted octanol–water partition coefficient (Wildman–Crippen LogP) is 3.16. The molecule has 0 fully saturated rings. The van der Waals surface area contributed by atoms with E-state index < -0.39 is 0 Å². The Balaban J connectivity index is 3.67. The lowest BCUT2D eigenvalue weighted by Gasteiger charge is -2.28. The van der Waals surface area contributed by atoms with Gasteiger partial charge in [0.2, 0.25) is 0 Å². The van der Waals surface area contributed by atoms with Crippen LogP contribution in [0.15, 0.2) is 0 Å². The van der Waals surface area contributed by atoms with Gasteiger partial charge in [-0.2, -0.15) is 11.8 Å². The molecule has 0 bridgehead atoms. The summed E-state index contributed by atoms with van der Waals surface area (Å²) >= 11 is 1.96. The first-order valence-electron chi connectivity index (χ1n) is 5.38. The van der Waals surface area contributed by atoms with Crippen molar-refractivity contribution in [2.24, 2.45) is 5.41 Å². The molecule has 0 radical (unpaired) electrons. The summed E-state index contributed by atoms with van der Waals surface area (Å²) in [4.78, 5) is 0. The minimum absolute atomic E-state index is 0.520. The molecular formula is C11H25NS. The van der Waals surface area contributed by atoms with Crippen molar-refractivity contribution in [1.82, 2.24) is 5.32 Å². The molecule has 0 saturated carbocycles. The SMILES string of the molecule is CCNCC(C)(CC)CCCSC. The van der Waals surface area contributed by atoms with Gasteiger partial charge in [0, 0.05) is 6.54 Å². The molecule has 1 atom stereocenters. The van der Waals surface area contributed by atoms with Crippen molar-refractivity contribution in [3.63, 3.8) is 0 Å². The maximum absolute atomic E-state index is 3.46. The van der Waals surface area contributed by atoms with E-state index in [1.165, 1.54) is 31.6 Å². The Labute approximate surface area is 88.1 Å². The van der Waals surface area contributed by atoms with Crippen molar-refractivity contribution < 1.29 is 0 Å². The fourth-order valence-corrected chi connectivity index (χ4v) is 1.89. The quantitative estimate of drug-likeness (QED) is 0.608. The molecule has 13 heavy (non-hydrogen) atoms. The van der Waals surface area contributed by atoms with Crippen LogP contribution in [0.3, 0.4) is 0 Å². The normalized spacial score (nSPS) is 15.7. The second-order valence-corrected chi connectivity index (χ2v) is 5.03. The topological polar surface area (TPSA) is 12.0 Å². The zero-order chi connectivity index (χ0) is 10.2. The van der Waals surface area contributed by atoms with Gasteiger partial charge in [-0.1, -0.05) is 20.8 Å². The van der Waals surface area contributed by atoms with E-state index in [4.69, 9.17) is 0 Å². The largest absolute Gasteiger partial charge is 0.316 e. The summed E-state index contributed by atoms with van der Waals surface area (Å²) in [6.07, 6.45) is 6.19. The molecule has 2 heteroatoms. The van der Waals surface area contributed by atoms with Crippen molar-refractivity contribution in [2.75, 3.05) is 25.1 Å². The Morgan fingerprint density at radius 1 is 1.31 bits per heavy atom. The molecule has 1 N–H and O–H groups in total. The number of hydrogen-bond acceptors (Lipinski definition) is 2. The van der Waals surface area contributed by atoms with Crippen molar-refractivity contribution in [2.45, 2.75) is 40.0 Å². The predicted molar refractivity (Wildman–Crippen MR) is 64.6 cm³/mol. The lowest BCUT2D eigenvalue weighted by Crippen LogP contribution is -2.31. The molecule has 0 spiro atoms. The summed E-state index contributed by atoms with van der Waals surface area (Å²) in [6.45, 7) is 9.15. The standard InChI is InChI=1S/C11H25NS/c1-5-11(3,10-12-6-2)8-7-9-13-4/h12H,5-10H2,1-4H3. The third-order valence-corrected chi connectivity index (χ3v) is 3.48. The van der Waals surface area contributed by atoms with Crippen molar-refractivity contribution in [1.29, 1.82) is 0 Å². The van der Waals surface area contributed by atoms with E-state index in [-0.39, 0.29) is 0 Å². The number of nitrogens with one attached hydrogen (secondary N) is 1. The van der Waals surface area contributed by atoms with Gasteiger partial charge in [0.05, 0.1) is 0 Å². The first kappa shape index (κ1) is 13.3. The molecule has 0 aliphatic heterocycles. The monoisotopic (exact) mass is 203 g/mol. The molecule has 0 amide bonds. The van der Waals surface area contributed by atoms with Crippen molar-refractivity contribution in [3.05, 3.63) is 0 Å². The highest BCUT2D eigenvalue weighted by Crippen LogP contribution is 2.26. The van der Waals surface area contributed by atoms with E-state index in [0.717, 1.165) is 6.54 Å². The third-order valence-electron chi connectivity index (χ3n) is 2.78. The molecule has 1 nitrogen and oxygen atoms in total. The van der Waals surface area contributed by atoms with E-state index in [0.29, 0.717) is 5.41 Å². The first-order chi connectivity index (χ1) is 6.18. The fourth-order valence-electron chi connectivity index (χ4n) is 1.46. The van der Waals surface area contributed by atoms with E-state index in [2.05, 4.69) is 32.3 Å². The molecule has 0 aromatic carbocycles. The van der Waals surface area contributed by atoms with E-state index in [1.807, 2.05) is 11.8 Å². The highest BCUT2D eigenvalue weighted by Gasteiger charge is 2.20. The fraction of sp³-hybridized carbons (Fsp3) is 1.00. The number of rotatable bonds is 8. The van der Waals surface area contributed by atoms with Gasteiger partial charge >= 0.3 is 0 Å². The first-order valence-corrected chi connectivity index (χ1v) is 6.77. The smallest absolute Gasteiger partial charge is 0.000495 e. The second-order valence-electron chi connectivity index (χ2n) is 4.04. The van der Waals surface area contributed by atoms with Gasteiger partial charge in [-0.05, 0) is 43.2 Å². The maximum atomic E-state index is 3.46. The Morgan fingerprint density at radius 3 is 2.46 bits per heavy atom. The zero-order valence-electron chi connectivity index (χ0n) is 9.65. The molecule has 0 aromatic rings.